The Morgan fingerprint density at radius 2 is 1.36 bits per heavy atom. The zero-order chi connectivity index (χ0) is 20.4. The second-order valence-corrected chi connectivity index (χ2v) is 6.23. The first-order valence-electron chi connectivity index (χ1n) is 8.77. The fourth-order valence-corrected chi connectivity index (χ4v) is 2.70. The van der Waals surface area contributed by atoms with E-state index < -0.39 is 29.9 Å². The van der Waals surface area contributed by atoms with Gasteiger partial charge in [0.25, 0.3) is 0 Å². The van der Waals surface area contributed by atoms with E-state index in [1.54, 1.807) is 54.6 Å². The Kier molecular flexibility index (Phi) is 7.73. The number of carbonyl (C=O) groups excluding carboxylic acids is 2. The topological polar surface area (TPSA) is 119 Å². The minimum atomic E-state index is -1.17. The third-order valence-electron chi connectivity index (χ3n) is 4.07. The molecule has 0 bridgehead atoms. The minimum absolute atomic E-state index is 0.117. The maximum absolute atomic E-state index is 12.7. The van der Waals surface area contributed by atoms with Crippen LogP contribution in [-0.4, -0.2) is 35.0 Å². The van der Waals surface area contributed by atoms with Crippen molar-refractivity contribution < 1.29 is 19.5 Å². The summed E-state index contributed by atoms with van der Waals surface area (Å²) in [7, 11) is 0. The molecule has 2 atom stereocenters. The lowest BCUT2D eigenvalue weighted by Crippen LogP contribution is -2.53. The molecule has 0 aliphatic rings. The smallest absolute Gasteiger partial charge is 0.326 e. The second kappa shape index (κ2) is 10.5. The van der Waals surface area contributed by atoms with Crippen molar-refractivity contribution in [2.45, 2.75) is 31.3 Å². The van der Waals surface area contributed by atoms with Gasteiger partial charge in [-0.2, -0.15) is 5.26 Å². The monoisotopic (exact) mass is 379 g/mol. The molecule has 0 radical (unpaired) electrons. The number of nitrogens with one attached hydrogen (secondary N) is 2. The number of nitrogens with zero attached hydrogens (tertiary/aromatic N) is 1. The van der Waals surface area contributed by atoms with Crippen LogP contribution in [0.3, 0.4) is 0 Å². The maximum Gasteiger partial charge on any atom is 0.326 e. The van der Waals surface area contributed by atoms with Crippen molar-refractivity contribution in [1.29, 1.82) is 5.26 Å². The predicted octanol–water partition coefficient (Wildman–Crippen LogP) is 1.44. The number of amides is 2. The zero-order valence-corrected chi connectivity index (χ0v) is 15.2. The maximum atomic E-state index is 12.7. The summed E-state index contributed by atoms with van der Waals surface area (Å²) in [6.07, 6.45) is -0.0847. The van der Waals surface area contributed by atoms with E-state index in [-0.39, 0.29) is 19.3 Å². The van der Waals surface area contributed by atoms with Crippen molar-refractivity contribution in [3.8, 4) is 6.07 Å². The van der Waals surface area contributed by atoms with E-state index in [9.17, 15) is 19.5 Å². The highest BCUT2D eigenvalue weighted by Crippen LogP contribution is 2.07. The Balaban J connectivity index is 2.13. The summed E-state index contributed by atoms with van der Waals surface area (Å²) < 4.78 is 0. The summed E-state index contributed by atoms with van der Waals surface area (Å²) >= 11 is 0. The number of rotatable bonds is 9. The third kappa shape index (κ3) is 6.57. The van der Waals surface area contributed by atoms with Crippen LogP contribution < -0.4 is 10.6 Å². The first-order chi connectivity index (χ1) is 13.5. The number of nitriles is 1. The molecule has 7 heteroatoms. The van der Waals surface area contributed by atoms with Gasteiger partial charge in [-0.15, -0.1) is 0 Å². The van der Waals surface area contributed by atoms with Crippen molar-refractivity contribution in [3.63, 3.8) is 0 Å². The molecule has 28 heavy (non-hydrogen) atoms. The highest BCUT2D eigenvalue weighted by molar-refractivity contribution is 5.91. The van der Waals surface area contributed by atoms with Gasteiger partial charge in [0.15, 0.2) is 0 Å². The molecule has 2 rings (SSSR count). The Morgan fingerprint density at radius 1 is 0.857 bits per heavy atom. The van der Waals surface area contributed by atoms with Gasteiger partial charge in [0.1, 0.15) is 18.5 Å². The van der Waals surface area contributed by atoms with Gasteiger partial charge < -0.3 is 15.7 Å². The highest BCUT2D eigenvalue weighted by atomic mass is 16.4. The van der Waals surface area contributed by atoms with Gasteiger partial charge in [-0.1, -0.05) is 60.7 Å². The van der Waals surface area contributed by atoms with E-state index in [1.807, 2.05) is 12.1 Å². The normalized spacial score (nSPS) is 12.2. The van der Waals surface area contributed by atoms with Crippen LogP contribution in [0.2, 0.25) is 0 Å². The van der Waals surface area contributed by atoms with Crippen molar-refractivity contribution in [2.24, 2.45) is 0 Å². The molecule has 0 saturated heterocycles. The number of carboxylic acid groups (broad SMARTS) is 1. The molecule has 0 saturated carbocycles. The average molecular weight is 379 g/mol. The van der Waals surface area contributed by atoms with Gasteiger partial charge in [-0.25, -0.2) is 4.79 Å². The third-order valence-corrected chi connectivity index (χ3v) is 4.07. The standard InChI is InChI=1S/C21H21N3O4/c22-12-11-19(25)23-17(13-15-7-3-1-4-8-15)20(26)24-18(21(27)28)14-16-9-5-2-6-10-16/h1-10,17-18H,11,13-14H2,(H,23,25)(H,24,26)(H,27,28). The van der Waals surface area contributed by atoms with Crippen molar-refractivity contribution >= 4 is 17.8 Å². The first kappa shape index (κ1) is 20.6. The quantitative estimate of drug-likeness (QED) is 0.609. The molecule has 2 amide bonds. The summed E-state index contributed by atoms with van der Waals surface area (Å²) in [4.78, 5) is 36.1. The van der Waals surface area contributed by atoms with Crippen LogP contribution in [0.1, 0.15) is 17.5 Å². The number of carboxylic acids is 1. The van der Waals surface area contributed by atoms with Crippen LogP contribution in [0.5, 0.6) is 0 Å². The van der Waals surface area contributed by atoms with Crippen LogP contribution in [0.15, 0.2) is 60.7 Å². The van der Waals surface area contributed by atoms with Gasteiger partial charge in [0, 0.05) is 12.8 Å². The van der Waals surface area contributed by atoms with Crippen LogP contribution in [0.4, 0.5) is 0 Å². The summed E-state index contributed by atoms with van der Waals surface area (Å²) in [6.45, 7) is 0. The van der Waals surface area contributed by atoms with Gasteiger partial charge in [-0.3, -0.25) is 9.59 Å². The van der Waals surface area contributed by atoms with E-state index in [4.69, 9.17) is 5.26 Å². The molecule has 2 aromatic carbocycles. The SMILES string of the molecule is N#CCC(=O)NC(Cc1ccccc1)C(=O)NC(Cc1ccccc1)C(=O)O. The average Bonchev–Trinajstić information content (AvgIpc) is 2.68. The number of benzene rings is 2. The summed E-state index contributed by atoms with van der Waals surface area (Å²) in [5.41, 5.74) is 1.57. The predicted molar refractivity (Wildman–Crippen MR) is 102 cm³/mol. The molecule has 144 valence electrons. The summed E-state index contributed by atoms with van der Waals surface area (Å²) in [5, 5.41) is 23.2. The lowest BCUT2D eigenvalue weighted by molar-refractivity contribution is -0.142. The summed E-state index contributed by atoms with van der Waals surface area (Å²) in [6, 6.07) is 17.6. The molecule has 3 N–H and O–H groups in total. The molecule has 2 unspecified atom stereocenters. The number of hydrogen-bond acceptors (Lipinski definition) is 4. The molecule has 0 spiro atoms. The van der Waals surface area contributed by atoms with E-state index in [2.05, 4.69) is 10.6 Å². The Hall–Kier alpha value is -3.66. The fraction of sp³-hybridized carbons (Fsp3) is 0.238. The molecule has 7 nitrogen and oxygen atoms in total. The largest absolute Gasteiger partial charge is 0.480 e. The minimum Gasteiger partial charge on any atom is -0.480 e. The molecule has 0 aliphatic heterocycles. The van der Waals surface area contributed by atoms with E-state index in [1.165, 1.54) is 0 Å². The van der Waals surface area contributed by atoms with E-state index in [0.29, 0.717) is 0 Å². The van der Waals surface area contributed by atoms with Crippen LogP contribution in [0.25, 0.3) is 0 Å². The fourth-order valence-electron chi connectivity index (χ4n) is 2.70. The zero-order valence-electron chi connectivity index (χ0n) is 15.2. The Bertz CT molecular complexity index is 847. The van der Waals surface area contributed by atoms with Gasteiger partial charge >= 0.3 is 5.97 Å². The molecule has 0 fully saturated rings. The molecule has 2 aromatic rings. The summed E-state index contributed by atoms with van der Waals surface area (Å²) in [5.74, 6) is -2.37. The van der Waals surface area contributed by atoms with E-state index in [0.717, 1.165) is 11.1 Å². The van der Waals surface area contributed by atoms with Gasteiger partial charge in [0.05, 0.1) is 6.07 Å². The van der Waals surface area contributed by atoms with Crippen LogP contribution in [0, 0.1) is 11.3 Å². The van der Waals surface area contributed by atoms with Gasteiger partial charge in [-0.05, 0) is 11.1 Å². The number of hydrogen-bond donors (Lipinski definition) is 3. The molecule has 0 heterocycles. The highest BCUT2D eigenvalue weighted by Gasteiger charge is 2.27. The lowest BCUT2D eigenvalue weighted by Gasteiger charge is -2.21. The van der Waals surface area contributed by atoms with Gasteiger partial charge in [0.2, 0.25) is 11.8 Å². The van der Waals surface area contributed by atoms with Crippen LogP contribution in [-0.2, 0) is 27.2 Å². The molecule has 0 aliphatic carbocycles. The Labute approximate surface area is 163 Å². The molecular weight excluding hydrogens is 358 g/mol. The van der Waals surface area contributed by atoms with Crippen molar-refractivity contribution in [1.82, 2.24) is 10.6 Å². The van der Waals surface area contributed by atoms with Crippen molar-refractivity contribution in [3.05, 3.63) is 71.8 Å². The number of carbonyl (C=O) groups is 3. The van der Waals surface area contributed by atoms with Crippen LogP contribution >= 0.6 is 0 Å². The van der Waals surface area contributed by atoms with E-state index >= 15 is 0 Å². The first-order valence-corrected chi connectivity index (χ1v) is 8.77. The molecule has 0 aromatic heterocycles. The Morgan fingerprint density at radius 3 is 1.82 bits per heavy atom. The second-order valence-electron chi connectivity index (χ2n) is 6.23. The molecular formula is C21H21N3O4. The van der Waals surface area contributed by atoms with Crippen molar-refractivity contribution in [2.75, 3.05) is 0 Å². The lowest BCUT2D eigenvalue weighted by atomic mass is 10.0. The number of aliphatic carboxylic acids is 1.